The number of fused-ring (bicyclic) bond motifs is 3. The van der Waals surface area contributed by atoms with E-state index in [2.05, 4.69) is 4.98 Å². The van der Waals surface area contributed by atoms with Gasteiger partial charge in [0.1, 0.15) is 0 Å². The Kier molecular flexibility index (Phi) is 4.56. The van der Waals surface area contributed by atoms with Crippen LogP contribution in [0, 0.1) is 10.0 Å². The number of anilines is 1. The maximum absolute atomic E-state index is 14.2. The minimum absolute atomic E-state index is 0.0151. The molecule has 3 aromatic heterocycles. The summed E-state index contributed by atoms with van der Waals surface area (Å²) < 4.78 is 16.8. The number of nitrogens with two attached hydrogens (primary N) is 2. The van der Waals surface area contributed by atoms with E-state index >= 15 is 0 Å². The van der Waals surface area contributed by atoms with Gasteiger partial charge >= 0.3 is 180 Å². The second kappa shape index (κ2) is 7.27. The predicted molar refractivity (Wildman–Crippen MR) is 110 cm³/mol. The van der Waals surface area contributed by atoms with Crippen molar-refractivity contribution in [3.05, 3.63) is 75.7 Å². The topological polar surface area (TPSA) is 84.2 Å². The van der Waals surface area contributed by atoms with Crippen LogP contribution >= 0.6 is 0 Å². The van der Waals surface area contributed by atoms with Gasteiger partial charge in [-0.1, -0.05) is 0 Å². The molecular weight excluding hydrogens is 424 g/mol. The normalized spacial score (nSPS) is 12.9. The number of nitrogens with one attached hydrogen (secondary N) is 1. The van der Waals surface area contributed by atoms with Crippen molar-refractivity contribution in [2.24, 2.45) is 0 Å². The molecule has 5 nitrogen and oxygen atoms in total. The molecule has 0 bridgehead atoms. The van der Waals surface area contributed by atoms with Crippen molar-refractivity contribution in [2.75, 3.05) is 5.73 Å². The van der Waals surface area contributed by atoms with E-state index in [1.807, 2.05) is 41.4 Å². The fourth-order valence-corrected chi connectivity index (χ4v) is 4.69. The summed E-state index contributed by atoms with van der Waals surface area (Å²) in [6.07, 6.45) is 10.3. The Morgan fingerprint density at radius 1 is 1.20 bits per heavy atom. The molecule has 0 amide bonds. The van der Waals surface area contributed by atoms with Crippen LogP contribution in [0.1, 0.15) is 23.1 Å². The van der Waals surface area contributed by atoms with E-state index in [9.17, 15) is 4.39 Å². The molecule has 5 N–H and O–H groups in total. The van der Waals surface area contributed by atoms with Gasteiger partial charge in [-0.25, -0.2) is 0 Å². The Balaban J connectivity index is 1.99. The maximum atomic E-state index is 14.2. The Bertz CT molecular complexity index is 1380. The van der Waals surface area contributed by atoms with Crippen molar-refractivity contribution >= 4 is 22.9 Å². The van der Waals surface area contributed by atoms with Crippen LogP contribution in [0.15, 0.2) is 48.9 Å². The van der Waals surface area contributed by atoms with E-state index < -0.39 is 5.82 Å². The van der Waals surface area contributed by atoms with Crippen molar-refractivity contribution in [1.82, 2.24) is 9.97 Å². The van der Waals surface area contributed by atoms with Gasteiger partial charge in [-0.05, 0) is 0 Å². The molecule has 3 heterocycles. The number of aromatic amines is 1. The van der Waals surface area contributed by atoms with Gasteiger partial charge in [0, 0.05) is 0 Å². The molecular formula is C23H20CoFN5+2. The van der Waals surface area contributed by atoms with Crippen molar-refractivity contribution in [3.8, 4) is 16.8 Å². The van der Waals surface area contributed by atoms with Crippen LogP contribution in [0.4, 0.5) is 10.1 Å². The summed E-state index contributed by atoms with van der Waals surface area (Å²) in [5, 5.41) is 5.89. The second-order valence-corrected chi connectivity index (χ2v) is 7.87. The first kappa shape index (κ1) is 18.8. The number of halogens is 1. The Morgan fingerprint density at radius 2 is 2.00 bits per heavy atom. The number of rotatable bonds is 3. The molecule has 0 saturated heterocycles. The van der Waals surface area contributed by atoms with Gasteiger partial charge in [0.05, 0.1) is 0 Å². The third kappa shape index (κ3) is 2.81. The van der Waals surface area contributed by atoms with Crippen LogP contribution in [0.5, 0.6) is 0 Å². The summed E-state index contributed by atoms with van der Waals surface area (Å²) >= 11 is 4.87. The van der Waals surface area contributed by atoms with Gasteiger partial charge in [-0.2, -0.15) is 0 Å². The number of hydrogen-bond acceptors (Lipinski definition) is 2. The number of pyridine rings is 3. The van der Waals surface area contributed by atoms with Gasteiger partial charge in [-0.3, -0.25) is 0 Å². The molecule has 0 fully saturated rings. The molecule has 0 atom stereocenters. The average molecular weight is 444 g/mol. The molecule has 5 rings (SSSR count). The van der Waals surface area contributed by atoms with Gasteiger partial charge in [0.25, 0.3) is 0 Å². The molecule has 0 spiro atoms. The summed E-state index contributed by atoms with van der Waals surface area (Å²) in [4.78, 5) is 8.28. The average Bonchev–Trinajstić information content (AvgIpc) is 3.25. The summed E-state index contributed by atoms with van der Waals surface area (Å²) in [5.74, 6) is -0.504. The van der Waals surface area contributed by atoms with Gasteiger partial charge in [0.2, 0.25) is 0 Å². The van der Waals surface area contributed by atoms with Crippen LogP contribution in [0.25, 0.3) is 27.8 Å². The Morgan fingerprint density at radius 3 is 2.77 bits per heavy atom. The van der Waals surface area contributed by atoms with E-state index in [0.29, 0.717) is 15.4 Å². The molecule has 30 heavy (non-hydrogen) atoms. The molecule has 0 unspecified atom stereocenters. The number of hydrogen-bond donors (Lipinski definition) is 3. The van der Waals surface area contributed by atoms with Crippen LogP contribution in [0.3, 0.4) is 0 Å². The van der Waals surface area contributed by atoms with Crippen molar-refractivity contribution in [3.63, 3.8) is 0 Å². The monoisotopic (exact) mass is 444 g/mol. The van der Waals surface area contributed by atoms with E-state index in [1.54, 1.807) is 6.07 Å². The molecule has 0 saturated carbocycles. The van der Waals surface area contributed by atoms with Gasteiger partial charge in [0.15, 0.2) is 0 Å². The van der Waals surface area contributed by atoms with Crippen LogP contribution in [0.2, 0.25) is 0 Å². The molecule has 1 aliphatic rings. The fraction of sp³-hybridized carbons (Fsp3) is 0.130. The summed E-state index contributed by atoms with van der Waals surface area (Å²) in [6.45, 7) is 0. The van der Waals surface area contributed by atoms with E-state index in [1.165, 1.54) is 23.4 Å². The quantitative estimate of drug-likeness (QED) is 0.257. The molecule has 7 heteroatoms. The molecule has 1 aromatic carbocycles. The number of H-pyrrole nitrogens is 1. The zero-order valence-corrected chi connectivity index (χ0v) is 17.1. The third-order valence-electron chi connectivity index (χ3n) is 5.69. The van der Waals surface area contributed by atoms with Gasteiger partial charge in [-0.15, -0.1) is 0 Å². The number of aromatic nitrogens is 3. The van der Waals surface area contributed by atoms with Crippen molar-refractivity contribution < 1.29 is 29.7 Å². The molecule has 151 valence electrons. The van der Waals surface area contributed by atoms with Crippen molar-refractivity contribution in [1.29, 1.82) is 0 Å². The summed E-state index contributed by atoms with van der Waals surface area (Å²) in [7, 11) is 0. The zero-order valence-electron chi connectivity index (χ0n) is 16.1. The van der Waals surface area contributed by atoms with Crippen molar-refractivity contribution in [2.45, 2.75) is 19.3 Å². The molecule has 0 aliphatic heterocycles. The van der Waals surface area contributed by atoms with E-state index in [-0.39, 0.29) is 5.69 Å². The SMILES string of the molecule is Nc1c(F)ccc(-c2c(-[n+]3ccccc3)[c](=[Co])[nH]c3c4c(cnc23)CCC4)c1C=[NH2+]. The first-order chi connectivity index (χ1) is 14.6. The molecule has 4 aromatic rings. The standard InChI is InChI=1S/C23H19FN5.Co/c24-18-8-7-16(17(11-25)21(18)26)20-19(29-9-2-1-3-10-29)13-28-22-15-6-4-5-14(15)12-27-23(20)22;/h1-3,7-12,25,28H,4-6,26H2;/q+1;/p+1. The predicted octanol–water partition coefficient (Wildman–Crippen LogP) is 1.97. The summed E-state index contributed by atoms with van der Waals surface area (Å²) in [6, 6.07) is 8.88. The van der Waals surface area contributed by atoms with E-state index in [0.717, 1.165) is 41.5 Å². The van der Waals surface area contributed by atoms with E-state index in [4.69, 9.17) is 31.4 Å². The number of aryl methyl sites for hydroxylation is 2. The number of nitrogens with zero attached hydrogens (tertiary/aromatic N) is 2. The summed E-state index contributed by atoms with van der Waals surface area (Å²) in [5.41, 5.74) is 13.1. The minimum atomic E-state index is -0.504. The molecule has 1 aliphatic carbocycles. The Hall–Kier alpha value is -3.16. The van der Waals surface area contributed by atoms with Crippen LogP contribution in [-0.2, 0) is 28.1 Å². The second-order valence-electron chi connectivity index (χ2n) is 7.35. The fourth-order valence-electron chi connectivity index (χ4n) is 4.30. The van der Waals surface area contributed by atoms with Crippen LogP contribution < -0.4 is 15.7 Å². The van der Waals surface area contributed by atoms with Gasteiger partial charge < -0.3 is 0 Å². The molecule has 0 radical (unpaired) electrons. The first-order valence-corrected chi connectivity index (χ1v) is 10.2. The number of nitrogen functional groups attached to an aromatic ring is 1. The zero-order chi connectivity index (χ0) is 20.8. The number of benzene rings is 1. The third-order valence-corrected chi connectivity index (χ3v) is 6.07. The van der Waals surface area contributed by atoms with Crippen LogP contribution in [-0.4, -0.2) is 16.2 Å². The first-order valence-electron chi connectivity index (χ1n) is 9.73. The Labute approximate surface area is 180 Å².